The van der Waals surface area contributed by atoms with Crippen LogP contribution in [0.5, 0.6) is 0 Å². The maximum absolute atomic E-state index is 12.6. The van der Waals surface area contributed by atoms with Crippen molar-refractivity contribution in [1.82, 2.24) is 20.2 Å². The summed E-state index contributed by atoms with van der Waals surface area (Å²) in [7, 11) is 0. The summed E-state index contributed by atoms with van der Waals surface area (Å²) in [6, 6.07) is 9.16. The summed E-state index contributed by atoms with van der Waals surface area (Å²) >= 11 is 0. The minimum atomic E-state index is -0.00739. The highest BCUT2D eigenvalue weighted by molar-refractivity contribution is 5.82. The van der Waals surface area contributed by atoms with Gasteiger partial charge in [-0.2, -0.15) is 0 Å². The fourth-order valence-electron chi connectivity index (χ4n) is 4.79. The molecule has 1 aromatic carbocycles. The number of benzene rings is 1. The van der Waals surface area contributed by atoms with Gasteiger partial charge in [0.2, 0.25) is 5.91 Å². The first kappa shape index (κ1) is 17.5. The molecule has 2 aromatic rings. The number of aromatic nitrogens is 2. The first-order chi connectivity index (χ1) is 12.6. The number of hydrogen-bond donors (Lipinski definition) is 2. The molecule has 0 spiro atoms. The molecule has 1 aliphatic heterocycles. The van der Waals surface area contributed by atoms with Crippen LogP contribution in [-0.4, -0.2) is 34.1 Å². The smallest absolute Gasteiger partial charge is 0.237 e. The van der Waals surface area contributed by atoms with Crippen molar-refractivity contribution in [3.8, 4) is 0 Å². The van der Waals surface area contributed by atoms with Gasteiger partial charge >= 0.3 is 0 Å². The maximum Gasteiger partial charge on any atom is 0.237 e. The third-order valence-electron chi connectivity index (χ3n) is 6.01. The molecule has 1 aromatic heterocycles. The number of nitrogens with zero attached hydrogens (tertiary/aromatic N) is 2. The fourth-order valence-corrected chi connectivity index (χ4v) is 4.79. The molecule has 5 nitrogen and oxygen atoms in total. The predicted octanol–water partition coefficient (Wildman–Crippen LogP) is 3.20. The van der Waals surface area contributed by atoms with Crippen LogP contribution in [0.25, 0.3) is 11.0 Å². The molecular weight excluding hydrogens is 324 g/mol. The van der Waals surface area contributed by atoms with Gasteiger partial charge in [0.1, 0.15) is 5.82 Å². The number of para-hydroxylation sites is 2. The van der Waals surface area contributed by atoms with Crippen LogP contribution >= 0.6 is 0 Å². The molecule has 2 fully saturated rings. The second kappa shape index (κ2) is 7.39. The highest BCUT2D eigenvalue weighted by Crippen LogP contribution is 2.33. The highest BCUT2D eigenvalue weighted by Gasteiger charge is 2.37. The van der Waals surface area contributed by atoms with Gasteiger partial charge in [-0.25, -0.2) is 4.98 Å². The maximum atomic E-state index is 12.6. The first-order valence-corrected chi connectivity index (χ1v) is 10.1. The van der Waals surface area contributed by atoms with E-state index in [0.717, 1.165) is 24.2 Å². The molecule has 5 heteroatoms. The summed E-state index contributed by atoms with van der Waals surface area (Å²) in [5.41, 5.74) is 2.20. The molecule has 1 aliphatic carbocycles. The Morgan fingerprint density at radius 3 is 2.92 bits per heavy atom. The molecule has 3 unspecified atom stereocenters. The van der Waals surface area contributed by atoms with Gasteiger partial charge in [0.25, 0.3) is 0 Å². The van der Waals surface area contributed by atoms with Crippen LogP contribution in [0.1, 0.15) is 57.8 Å². The van der Waals surface area contributed by atoms with Gasteiger partial charge in [-0.3, -0.25) is 4.79 Å². The third-order valence-corrected chi connectivity index (χ3v) is 6.01. The van der Waals surface area contributed by atoms with Crippen LogP contribution < -0.4 is 10.6 Å². The molecule has 1 saturated heterocycles. The molecule has 4 rings (SSSR count). The lowest BCUT2D eigenvalue weighted by Crippen LogP contribution is -2.43. The van der Waals surface area contributed by atoms with Crippen molar-refractivity contribution in [2.24, 2.45) is 5.92 Å². The summed E-state index contributed by atoms with van der Waals surface area (Å²) in [4.78, 5) is 17.4. The number of amides is 1. The lowest BCUT2D eigenvalue weighted by Gasteiger charge is -2.24. The summed E-state index contributed by atoms with van der Waals surface area (Å²) in [6.07, 6.45) is 6.89. The number of carbonyl (C=O) groups is 1. The van der Waals surface area contributed by atoms with Gasteiger partial charge in [0.05, 0.1) is 17.1 Å². The van der Waals surface area contributed by atoms with Crippen LogP contribution in [0.4, 0.5) is 0 Å². The van der Waals surface area contributed by atoms with Gasteiger partial charge in [-0.15, -0.1) is 0 Å². The quantitative estimate of drug-likeness (QED) is 0.867. The molecule has 1 saturated carbocycles. The van der Waals surface area contributed by atoms with E-state index in [-0.39, 0.29) is 11.9 Å². The monoisotopic (exact) mass is 354 g/mol. The van der Waals surface area contributed by atoms with Gasteiger partial charge in [0, 0.05) is 25.0 Å². The van der Waals surface area contributed by atoms with Gasteiger partial charge in [-0.1, -0.05) is 25.0 Å². The minimum absolute atomic E-state index is 0.00739. The number of imidazole rings is 1. The molecular formula is C21H30N4O. The van der Waals surface area contributed by atoms with E-state index in [0.29, 0.717) is 24.5 Å². The highest BCUT2D eigenvalue weighted by atomic mass is 16.2. The number of fused-ring (bicyclic) bond motifs is 2. The van der Waals surface area contributed by atoms with E-state index in [9.17, 15) is 4.79 Å². The van der Waals surface area contributed by atoms with E-state index < -0.39 is 0 Å². The number of carbonyl (C=O) groups excluding carboxylic acids is 1. The number of rotatable bonds is 5. The van der Waals surface area contributed by atoms with Crippen LogP contribution in [0.2, 0.25) is 0 Å². The second-order valence-corrected chi connectivity index (χ2v) is 8.13. The zero-order valence-electron chi connectivity index (χ0n) is 15.9. The topological polar surface area (TPSA) is 59.0 Å². The average molecular weight is 354 g/mol. The van der Waals surface area contributed by atoms with Gasteiger partial charge in [-0.05, 0) is 51.2 Å². The van der Waals surface area contributed by atoms with Crippen molar-refractivity contribution >= 4 is 16.9 Å². The number of nitrogens with one attached hydrogen (secondary N) is 2. The molecule has 2 N–H and O–H groups in total. The van der Waals surface area contributed by atoms with Crippen molar-refractivity contribution in [3.05, 3.63) is 30.1 Å². The van der Waals surface area contributed by atoms with Gasteiger partial charge < -0.3 is 15.2 Å². The summed E-state index contributed by atoms with van der Waals surface area (Å²) < 4.78 is 2.28. The SMILES string of the molecule is CC(C)n1c(CCNC(=O)C2CC3CCCCC3N2)nc2ccccc21. The Hall–Kier alpha value is -1.88. The van der Waals surface area contributed by atoms with Crippen molar-refractivity contribution in [3.63, 3.8) is 0 Å². The molecule has 26 heavy (non-hydrogen) atoms. The van der Waals surface area contributed by atoms with Crippen molar-refractivity contribution in [2.75, 3.05) is 6.54 Å². The Labute approximate surface area is 155 Å². The minimum Gasteiger partial charge on any atom is -0.354 e. The van der Waals surface area contributed by atoms with E-state index in [1.807, 2.05) is 6.07 Å². The van der Waals surface area contributed by atoms with E-state index in [1.54, 1.807) is 0 Å². The van der Waals surface area contributed by atoms with Crippen LogP contribution in [-0.2, 0) is 11.2 Å². The van der Waals surface area contributed by atoms with Crippen LogP contribution in [0, 0.1) is 5.92 Å². The Morgan fingerprint density at radius 1 is 1.31 bits per heavy atom. The van der Waals surface area contributed by atoms with E-state index >= 15 is 0 Å². The largest absolute Gasteiger partial charge is 0.354 e. The lowest BCUT2D eigenvalue weighted by atomic mass is 9.85. The van der Waals surface area contributed by atoms with Crippen LogP contribution in [0.15, 0.2) is 24.3 Å². The van der Waals surface area contributed by atoms with Crippen molar-refractivity contribution in [2.45, 2.75) is 70.5 Å². The summed E-state index contributed by atoms with van der Waals surface area (Å²) in [5, 5.41) is 6.70. The molecule has 1 amide bonds. The van der Waals surface area contributed by atoms with E-state index in [2.05, 4.69) is 47.2 Å². The molecule has 2 heterocycles. The molecule has 0 bridgehead atoms. The van der Waals surface area contributed by atoms with Crippen LogP contribution in [0.3, 0.4) is 0 Å². The van der Waals surface area contributed by atoms with Crippen molar-refractivity contribution < 1.29 is 4.79 Å². The standard InChI is InChI=1S/C21H30N4O/c1-14(2)25-19-10-6-5-9-17(19)24-20(25)11-12-22-21(26)18-13-15-7-3-4-8-16(15)23-18/h5-6,9-10,14-16,18,23H,3-4,7-8,11-13H2,1-2H3,(H,22,26). The molecule has 2 aliphatic rings. The summed E-state index contributed by atoms with van der Waals surface area (Å²) in [6.45, 7) is 5.00. The zero-order valence-corrected chi connectivity index (χ0v) is 15.9. The van der Waals surface area contributed by atoms with E-state index in [1.165, 1.54) is 31.2 Å². The van der Waals surface area contributed by atoms with E-state index in [4.69, 9.17) is 4.98 Å². The Kier molecular flexibility index (Phi) is 4.98. The molecule has 0 radical (unpaired) electrons. The Morgan fingerprint density at radius 2 is 2.12 bits per heavy atom. The zero-order chi connectivity index (χ0) is 18.1. The average Bonchev–Trinajstić information content (AvgIpc) is 3.22. The normalized spacial score (nSPS) is 25.6. The molecule has 3 atom stereocenters. The lowest BCUT2D eigenvalue weighted by molar-refractivity contribution is -0.122. The fraction of sp³-hybridized carbons (Fsp3) is 0.619. The van der Waals surface area contributed by atoms with Crippen molar-refractivity contribution in [1.29, 1.82) is 0 Å². The summed E-state index contributed by atoms with van der Waals surface area (Å²) in [5.74, 6) is 1.91. The third kappa shape index (κ3) is 3.37. The number of hydrogen-bond acceptors (Lipinski definition) is 3. The predicted molar refractivity (Wildman–Crippen MR) is 104 cm³/mol. The van der Waals surface area contributed by atoms with Gasteiger partial charge in [0.15, 0.2) is 0 Å². The molecule has 140 valence electrons. The Balaban J connectivity index is 1.37. The second-order valence-electron chi connectivity index (χ2n) is 8.13. The Bertz CT molecular complexity index is 767. The first-order valence-electron chi connectivity index (χ1n) is 10.1.